The van der Waals surface area contributed by atoms with E-state index in [1.54, 1.807) is 4.90 Å². The minimum absolute atomic E-state index is 0.133. The Bertz CT molecular complexity index is 448. The fourth-order valence-corrected chi connectivity index (χ4v) is 3.36. The largest absolute Gasteiger partial charge is 0.334 e. The molecule has 1 heterocycles. The van der Waals surface area contributed by atoms with Crippen LogP contribution >= 0.6 is 0 Å². The van der Waals surface area contributed by atoms with E-state index < -0.39 is 0 Å². The van der Waals surface area contributed by atoms with Crippen LogP contribution in [0.5, 0.6) is 0 Å². The summed E-state index contributed by atoms with van der Waals surface area (Å²) in [7, 11) is 0. The number of benzene rings is 1. The van der Waals surface area contributed by atoms with Crippen molar-refractivity contribution in [2.45, 2.75) is 33.6 Å². The van der Waals surface area contributed by atoms with Gasteiger partial charge in [0.25, 0.3) is 0 Å². The van der Waals surface area contributed by atoms with Crippen molar-refractivity contribution in [3.63, 3.8) is 0 Å². The van der Waals surface area contributed by atoms with Gasteiger partial charge in [0.2, 0.25) is 5.91 Å². The smallest absolute Gasteiger partial charge is 0.230 e. The second-order valence-corrected chi connectivity index (χ2v) is 6.52. The van der Waals surface area contributed by atoms with E-state index >= 15 is 0 Å². The third kappa shape index (κ3) is 4.64. The lowest BCUT2D eigenvalue weighted by molar-refractivity contribution is -0.911. The molecule has 0 aliphatic carbocycles. The topological polar surface area (TPSA) is 33.5 Å². The number of hydrogen-bond acceptors (Lipinski definition) is 1. The summed E-state index contributed by atoms with van der Waals surface area (Å²) in [6.07, 6.45) is 1.95. The van der Waals surface area contributed by atoms with Gasteiger partial charge in [0.1, 0.15) is 0 Å². The highest BCUT2D eigenvalue weighted by Crippen LogP contribution is 2.12. The monoisotopic (exact) mass is 275 g/mol. The van der Waals surface area contributed by atoms with Crippen molar-refractivity contribution in [1.29, 1.82) is 0 Å². The molecule has 110 valence electrons. The summed E-state index contributed by atoms with van der Waals surface area (Å²) in [6.45, 7) is 10.1. The van der Waals surface area contributed by atoms with E-state index in [1.165, 1.54) is 25.1 Å². The second kappa shape index (κ2) is 6.89. The average Bonchev–Trinajstić information content (AvgIpc) is 2.35. The molecule has 1 amide bonds. The molecular formula is C17H27N2O+. The Kier molecular flexibility index (Phi) is 5.18. The number of quaternary nitrogens is 1. The Morgan fingerprint density at radius 2 is 2.00 bits per heavy atom. The molecule has 0 radical (unpaired) electrons. The van der Waals surface area contributed by atoms with Gasteiger partial charge in [-0.05, 0) is 31.0 Å². The number of piperidine rings is 1. The summed E-state index contributed by atoms with van der Waals surface area (Å²) >= 11 is 0. The molecule has 3 atom stereocenters. The minimum Gasteiger partial charge on any atom is -0.334 e. The van der Waals surface area contributed by atoms with E-state index in [0.717, 1.165) is 24.1 Å². The first kappa shape index (κ1) is 15.0. The normalized spacial score (nSPS) is 26.2. The van der Waals surface area contributed by atoms with Gasteiger partial charge in [-0.3, -0.25) is 4.79 Å². The first-order chi connectivity index (χ1) is 9.52. The summed E-state index contributed by atoms with van der Waals surface area (Å²) < 4.78 is 0. The van der Waals surface area contributed by atoms with Crippen LogP contribution in [-0.4, -0.2) is 25.5 Å². The molecule has 0 bridgehead atoms. The summed E-state index contributed by atoms with van der Waals surface area (Å²) in [5, 5.41) is 2.99. The third-order valence-corrected chi connectivity index (χ3v) is 4.09. The van der Waals surface area contributed by atoms with Gasteiger partial charge >= 0.3 is 0 Å². The van der Waals surface area contributed by atoms with Gasteiger partial charge in [-0.15, -0.1) is 0 Å². The molecule has 1 aliphatic heterocycles. The van der Waals surface area contributed by atoms with Crippen molar-refractivity contribution in [2.24, 2.45) is 11.8 Å². The number of hydrogen-bond donors (Lipinski definition) is 2. The number of likely N-dealkylation sites (tertiary alicyclic amines) is 1. The van der Waals surface area contributed by atoms with Gasteiger partial charge < -0.3 is 10.2 Å². The van der Waals surface area contributed by atoms with Gasteiger partial charge in [-0.2, -0.15) is 0 Å². The average molecular weight is 275 g/mol. The highest BCUT2D eigenvalue weighted by molar-refractivity contribution is 5.90. The Labute approximate surface area is 122 Å². The van der Waals surface area contributed by atoms with Gasteiger partial charge in [0.15, 0.2) is 0 Å². The highest BCUT2D eigenvalue weighted by Gasteiger charge is 2.25. The zero-order valence-electron chi connectivity index (χ0n) is 12.9. The van der Waals surface area contributed by atoms with E-state index in [0.29, 0.717) is 6.42 Å². The van der Waals surface area contributed by atoms with Crippen LogP contribution in [-0.2, 0) is 4.79 Å². The van der Waals surface area contributed by atoms with Crippen LogP contribution in [0.1, 0.15) is 32.3 Å². The Hall–Kier alpha value is -1.35. The third-order valence-electron chi connectivity index (χ3n) is 4.09. The number of rotatable bonds is 4. The summed E-state index contributed by atoms with van der Waals surface area (Å²) in [5.41, 5.74) is 2.08. The molecule has 1 aromatic rings. The van der Waals surface area contributed by atoms with Crippen LogP contribution in [0.4, 0.5) is 5.69 Å². The number of carbonyl (C=O) groups is 1. The summed E-state index contributed by atoms with van der Waals surface area (Å²) in [6, 6.07) is 7.97. The van der Waals surface area contributed by atoms with Crippen LogP contribution in [0.2, 0.25) is 0 Å². The number of aryl methyl sites for hydroxylation is 1. The van der Waals surface area contributed by atoms with Crippen LogP contribution in [0.25, 0.3) is 0 Å². The van der Waals surface area contributed by atoms with E-state index in [-0.39, 0.29) is 5.91 Å². The van der Waals surface area contributed by atoms with Crippen LogP contribution in [0.3, 0.4) is 0 Å². The lowest BCUT2D eigenvalue weighted by atomic mass is 9.92. The number of carbonyl (C=O) groups excluding carboxylic acids is 1. The standard InChI is InChI=1S/C17H26N2O/c1-13-5-4-6-16(10-13)18-17(20)7-8-19-11-14(2)9-15(3)12-19/h4-6,10,14-15H,7-9,11-12H2,1-3H3,(H,18,20)/p+1/t14-,15+. The molecule has 1 aromatic carbocycles. The Morgan fingerprint density at radius 3 is 2.65 bits per heavy atom. The predicted molar refractivity (Wildman–Crippen MR) is 82.9 cm³/mol. The van der Waals surface area contributed by atoms with E-state index in [4.69, 9.17) is 0 Å². The number of anilines is 1. The van der Waals surface area contributed by atoms with E-state index in [2.05, 4.69) is 19.2 Å². The maximum atomic E-state index is 12.0. The molecule has 1 unspecified atom stereocenters. The maximum absolute atomic E-state index is 12.0. The molecule has 0 spiro atoms. The van der Waals surface area contributed by atoms with E-state index in [9.17, 15) is 4.79 Å². The van der Waals surface area contributed by atoms with Crippen LogP contribution in [0, 0.1) is 18.8 Å². The zero-order chi connectivity index (χ0) is 14.5. The van der Waals surface area contributed by atoms with Gasteiger partial charge in [-0.1, -0.05) is 26.0 Å². The zero-order valence-corrected chi connectivity index (χ0v) is 12.9. The van der Waals surface area contributed by atoms with Crippen molar-refractivity contribution in [3.8, 4) is 0 Å². The SMILES string of the molecule is Cc1cccc(NC(=O)CC[NH+]2C[C@H](C)C[C@H](C)C2)c1. The van der Waals surface area contributed by atoms with E-state index in [1.807, 2.05) is 31.2 Å². The van der Waals surface area contributed by atoms with Crippen LogP contribution < -0.4 is 10.2 Å². The fourth-order valence-electron chi connectivity index (χ4n) is 3.36. The van der Waals surface area contributed by atoms with Gasteiger partial charge in [0, 0.05) is 17.5 Å². The van der Waals surface area contributed by atoms with Crippen LogP contribution in [0.15, 0.2) is 24.3 Å². The van der Waals surface area contributed by atoms with Crippen molar-refractivity contribution < 1.29 is 9.69 Å². The molecule has 0 aromatic heterocycles. The molecule has 0 saturated carbocycles. The molecule has 1 aliphatic rings. The maximum Gasteiger partial charge on any atom is 0.230 e. The quantitative estimate of drug-likeness (QED) is 0.864. The molecular weight excluding hydrogens is 248 g/mol. The first-order valence-corrected chi connectivity index (χ1v) is 7.73. The lowest BCUT2D eigenvalue weighted by Gasteiger charge is -2.31. The number of nitrogens with one attached hydrogen (secondary N) is 2. The first-order valence-electron chi connectivity index (χ1n) is 7.73. The molecule has 3 nitrogen and oxygen atoms in total. The Balaban J connectivity index is 1.77. The van der Waals surface area contributed by atoms with Gasteiger partial charge in [-0.25, -0.2) is 0 Å². The predicted octanol–water partition coefficient (Wildman–Crippen LogP) is 1.88. The van der Waals surface area contributed by atoms with Crippen molar-refractivity contribution in [3.05, 3.63) is 29.8 Å². The molecule has 3 heteroatoms. The molecule has 2 N–H and O–H groups in total. The van der Waals surface area contributed by atoms with Crippen molar-refractivity contribution in [1.82, 2.24) is 0 Å². The van der Waals surface area contributed by atoms with Gasteiger partial charge in [0.05, 0.1) is 26.1 Å². The molecule has 1 saturated heterocycles. The summed E-state index contributed by atoms with van der Waals surface area (Å²) in [5.74, 6) is 1.70. The minimum atomic E-state index is 0.133. The fraction of sp³-hybridized carbons (Fsp3) is 0.588. The lowest BCUT2D eigenvalue weighted by Crippen LogP contribution is -3.14. The van der Waals surface area contributed by atoms with Crippen molar-refractivity contribution >= 4 is 11.6 Å². The highest BCUT2D eigenvalue weighted by atomic mass is 16.1. The second-order valence-electron chi connectivity index (χ2n) is 6.52. The number of amides is 1. The molecule has 20 heavy (non-hydrogen) atoms. The molecule has 1 fully saturated rings. The molecule has 2 rings (SSSR count). The summed E-state index contributed by atoms with van der Waals surface area (Å²) in [4.78, 5) is 13.6. The Morgan fingerprint density at radius 1 is 1.30 bits per heavy atom. The van der Waals surface area contributed by atoms with Crippen molar-refractivity contribution in [2.75, 3.05) is 25.0 Å².